The van der Waals surface area contributed by atoms with E-state index in [-0.39, 0.29) is 4.90 Å². The second-order valence-corrected chi connectivity index (χ2v) is 6.62. The predicted octanol–water partition coefficient (Wildman–Crippen LogP) is 2.24. The Bertz CT molecular complexity index is 692. The molecule has 1 aromatic heterocycles. The minimum absolute atomic E-state index is 0.243. The Morgan fingerprint density at radius 2 is 1.95 bits per heavy atom. The van der Waals surface area contributed by atoms with Gasteiger partial charge in [-0.25, -0.2) is 8.42 Å². The second-order valence-electron chi connectivity index (χ2n) is 4.72. The van der Waals surface area contributed by atoms with E-state index < -0.39 is 10.0 Å². The van der Waals surface area contributed by atoms with Crippen LogP contribution in [0, 0.1) is 13.8 Å². The number of aryl methyl sites for hydroxylation is 2. The van der Waals surface area contributed by atoms with Crippen molar-refractivity contribution < 1.29 is 8.42 Å². The summed E-state index contributed by atoms with van der Waals surface area (Å²) in [5.74, 6) is 0. The number of rotatable bonds is 5. The van der Waals surface area contributed by atoms with Crippen molar-refractivity contribution >= 4 is 10.0 Å². The fourth-order valence-electron chi connectivity index (χ4n) is 2.08. The molecule has 0 aliphatic carbocycles. The molecule has 2 aromatic rings. The van der Waals surface area contributed by atoms with Crippen molar-refractivity contribution in [3.63, 3.8) is 0 Å². The van der Waals surface area contributed by atoms with Crippen molar-refractivity contribution in [1.29, 1.82) is 0 Å². The maximum Gasteiger partial charge on any atom is 0.246 e. The minimum atomic E-state index is -3.51. The molecule has 0 spiro atoms. The summed E-state index contributed by atoms with van der Waals surface area (Å²) in [6.45, 7) is 6.32. The summed E-state index contributed by atoms with van der Waals surface area (Å²) < 4.78 is 26.7. The largest absolute Gasteiger partial charge is 0.281 e. The Labute approximate surface area is 119 Å². The van der Waals surface area contributed by atoms with E-state index in [1.165, 1.54) is 10.5 Å². The number of H-pyrrole nitrogens is 1. The van der Waals surface area contributed by atoms with Crippen LogP contribution in [0.1, 0.15) is 23.7 Å². The lowest BCUT2D eigenvalue weighted by molar-refractivity contribution is 0.422. The number of benzene rings is 1. The lowest BCUT2D eigenvalue weighted by Crippen LogP contribution is -2.31. The van der Waals surface area contributed by atoms with Crippen LogP contribution in [0.2, 0.25) is 0 Å². The molecule has 5 nitrogen and oxygen atoms in total. The monoisotopic (exact) mass is 293 g/mol. The molecular formula is C14H19N3O2S. The Morgan fingerprint density at radius 3 is 2.50 bits per heavy atom. The van der Waals surface area contributed by atoms with Gasteiger partial charge in [0.1, 0.15) is 4.90 Å². The summed E-state index contributed by atoms with van der Waals surface area (Å²) in [5.41, 5.74) is 2.66. The number of aromatic nitrogens is 2. The first-order valence-electron chi connectivity index (χ1n) is 6.51. The Balaban J connectivity index is 2.34. The van der Waals surface area contributed by atoms with Gasteiger partial charge in [0.15, 0.2) is 0 Å². The van der Waals surface area contributed by atoms with Crippen LogP contribution in [-0.4, -0.2) is 29.5 Å². The van der Waals surface area contributed by atoms with Gasteiger partial charge in [0.05, 0.1) is 11.9 Å². The van der Waals surface area contributed by atoms with Gasteiger partial charge in [0.2, 0.25) is 10.0 Å². The number of aromatic amines is 1. The van der Waals surface area contributed by atoms with E-state index in [9.17, 15) is 8.42 Å². The number of nitrogens with zero attached hydrogens (tertiary/aromatic N) is 2. The maximum absolute atomic E-state index is 12.6. The molecule has 0 saturated heterocycles. The molecule has 0 bridgehead atoms. The van der Waals surface area contributed by atoms with Crippen LogP contribution in [0.3, 0.4) is 0 Å². The van der Waals surface area contributed by atoms with Crippen LogP contribution in [0.4, 0.5) is 0 Å². The highest BCUT2D eigenvalue weighted by atomic mass is 32.2. The maximum atomic E-state index is 12.6. The van der Waals surface area contributed by atoms with E-state index in [4.69, 9.17) is 0 Å². The van der Waals surface area contributed by atoms with Crippen LogP contribution in [-0.2, 0) is 16.6 Å². The van der Waals surface area contributed by atoms with Crippen LogP contribution in [0.5, 0.6) is 0 Å². The minimum Gasteiger partial charge on any atom is -0.281 e. The molecule has 0 atom stereocenters. The molecular weight excluding hydrogens is 274 g/mol. The highest BCUT2D eigenvalue weighted by Gasteiger charge is 2.26. The summed E-state index contributed by atoms with van der Waals surface area (Å²) >= 11 is 0. The summed E-state index contributed by atoms with van der Waals surface area (Å²) in [4.78, 5) is 0.243. The van der Waals surface area contributed by atoms with Crippen LogP contribution in [0.25, 0.3) is 0 Å². The SMILES string of the molecule is CCN(Cc1ccccc1C)S(=O)(=O)c1cn[nH]c1C. The zero-order valence-corrected chi connectivity index (χ0v) is 12.7. The number of sulfonamides is 1. The molecule has 0 fully saturated rings. The zero-order valence-electron chi connectivity index (χ0n) is 11.9. The van der Waals surface area contributed by atoms with Crippen LogP contribution >= 0.6 is 0 Å². The number of hydrogen-bond donors (Lipinski definition) is 1. The van der Waals surface area contributed by atoms with Crippen molar-refractivity contribution in [2.45, 2.75) is 32.2 Å². The molecule has 1 aromatic carbocycles. The lowest BCUT2D eigenvalue weighted by atomic mass is 10.1. The molecule has 1 N–H and O–H groups in total. The Kier molecular flexibility index (Phi) is 4.25. The third kappa shape index (κ3) is 2.76. The molecule has 0 amide bonds. The van der Waals surface area contributed by atoms with E-state index in [1.807, 2.05) is 38.1 Å². The summed E-state index contributed by atoms with van der Waals surface area (Å²) in [6.07, 6.45) is 1.37. The lowest BCUT2D eigenvalue weighted by Gasteiger charge is -2.21. The molecule has 2 rings (SSSR count). The van der Waals surface area contributed by atoms with Crippen molar-refractivity contribution in [2.24, 2.45) is 0 Å². The first kappa shape index (κ1) is 14.7. The van der Waals surface area contributed by atoms with E-state index in [0.29, 0.717) is 18.8 Å². The van der Waals surface area contributed by atoms with Crippen molar-refractivity contribution in [3.05, 3.63) is 47.3 Å². The summed E-state index contributed by atoms with van der Waals surface area (Å²) in [6, 6.07) is 7.81. The molecule has 6 heteroatoms. The first-order chi connectivity index (χ1) is 9.46. The van der Waals surface area contributed by atoms with Crippen molar-refractivity contribution in [3.8, 4) is 0 Å². The van der Waals surface area contributed by atoms with Crippen molar-refractivity contribution in [1.82, 2.24) is 14.5 Å². The van der Waals surface area contributed by atoms with Gasteiger partial charge in [-0.2, -0.15) is 9.40 Å². The van der Waals surface area contributed by atoms with Gasteiger partial charge in [-0.05, 0) is 25.0 Å². The highest BCUT2D eigenvalue weighted by Crippen LogP contribution is 2.20. The summed E-state index contributed by atoms with van der Waals surface area (Å²) in [5, 5.41) is 6.47. The smallest absolute Gasteiger partial charge is 0.246 e. The molecule has 0 unspecified atom stereocenters. The molecule has 1 heterocycles. The van der Waals surface area contributed by atoms with Gasteiger partial charge in [-0.1, -0.05) is 31.2 Å². The standard InChI is InChI=1S/C14H19N3O2S/c1-4-17(10-13-8-6-5-7-11(13)2)20(18,19)14-9-15-16-12(14)3/h5-9H,4,10H2,1-3H3,(H,15,16). The van der Waals surface area contributed by atoms with E-state index in [2.05, 4.69) is 10.2 Å². The Morgan fingerprint density at radius 1 is 1.25 bits per heavy atom. The third-order valence-electron chi connectivity index (χ3n) is 3.36. The average molecular weight is 293 g/mol. The van der Waals surface area contributed by atoms with E-state index >= 15 is 0 Å². The van der Waals surface area contributed by atoms with Crippen molar-refractivity contribution in [2.75, 3.05) is 6.54 Å². The van der Waals surface area contributed by atoms with Gasteiger partial charge in [-0.3, -0.25) is 5.10 Å². The fraction of sp³-hybridized carbons (Fsp3) is 0.357. The Hall–Kier alpha value is -1.66. The van der Waals surface area contributed by atoms with Gasteiger partial charge in [0.25, 0.3) is 0 Å². The second kappa shape index (κ2) is 5.76. The van der Waals surface area contributed by atoms with Gasteiger partial charge < -0.3 is 0 Å². The fourth-order valence-corrected chi connectivity index (χ4v) is 3.63. The third-order valence-corrected chi connectivity index (χ3v) is 5.40. The summed E-state index contributed by atoms with van der Waals surface area (Å²) in [7, 11) is -3.51. The molecule has 108 valence electrons. The molecule has 0 aliphatic heterocycles. The van der Waals surface area contributed by atoms with Crippen LogP contribution < -0.4 is 0 Å². The topological polar surface area (TPSA) is 66.1 Å². The average Bonchev–Trinajstić information content (AvgIpc) is 2.84. The predicted molar refractivity (Wildman–Crippen MR) is 77.8 cm³/mol. The van der Waals surface area contributed by atoms with Crippen LogP contribution in [0.15, 0.2) is 35.4 Å². The first-order valence-corrected chi connectivity index (χ1v) is 7.95. The molecule has 20 heavy (non-hydrogen) atoms. The molecule has 0 saturated carbocycles. The normalized spacial score (nSPS) is 12.0. The number of hydrogen-bond acceptors (Lipinski definition) is 3. The van der Waals surface area contributed by atoms with Gasteiger partial charge in [0, 0.05) is 13.1 Å². The highest BCUT2D eigenvalue weighted by molar-refractivity contribution is 7.89. The van der Waals surface area contributed by atoms with E-state index in [0.717, 1.165) is 11.1 Å². The zero-order chi connectivity index (χ0) is 14.8. The molecule has 0 aliphatic rings. The quantitative estimate of drug-likeness (QED) is 0.919. The van der Waals surface area contributed by atoms with Gasteiger partial charge in [-0.15, -0.1) is 0 Å². The van der Waals surface area contributed by atoms with E-state index in [1.54, 1.807) is 6.92 Å². The molecule has 0 radical (unpaired) electrons. The number of nitrogens with one attached hydrogen (secondary N) is 1. The van der Waals surface area contributed by atoms with Gasteiger partial charge >= 0.3 is 0 Å².